The summed E-state index contributed by atoms with van der Waals surface area (Å²) in [6, 6.07) is 0. The average molecular weight is 254 g/mol. The lowest BCUT2D eigenvalue weighted by Gasteiger charge is -2.45. The van der Waals surface area contributed by atoms with Crippen molar-refractivity contribution in [1.29, 1.82) is 0 Å². The van der Waals surface area contributed by atoms with E-state index in [2.05, 4.69) is 0 Å². The van der Waals surface area contributed by atoms with Crippen LogP contribution in [0.1, 0.15) is 51.4 Å². The molecule has 2 unspecified atom stereocenters. The quantitative estimate of drug-likeness (QED) is 0.841. The molecule has 3 aliphatic rings. The van der Waals surface area contributed by atoms with Gasteiger partial charge in [-0.2, -0.15) is 0 Å². The molecule has 0 aromatic carbocycles. The summed E-state index contributed by atoms with van der Waals surface area (Å²) in [5.74, 6) is 1.26. The molecule has 1 aliphatic carbocycles. The number of aliphatic hydroxyl groups is 1. The Labute approximate surface area is 110 Å². The van der Waals surface area contributed by atoms with E-state index in [0.29, 0.717) is 5.92 Å². The third-order valence-electron chi connectivity index (χ3n) is 5.28. The molecular weight excluding hydrogens is 228 g/mol. The Morgan fingerprint density at radius 1 is 1.11 bits per heavy atom. The van der Waals surface area contributed by atoms with Crippen LogP contribution in [0.2, 0.25) is 0 Å². The molecule has 0 bridgehead atoms. The summed E-state index contributed by atoms with van der Waals surface area (Å²) in [5, 5.41) is 10.4. The second-order valence-corrected chi connectivity index (χ2v) is 6.50. The van der Waals surface area contributed by atoms with Crippen molar-refractivity contribution < 1.29 is 14.6 Å². The standard InChI is InChI=1S/C15H26O3/c16-14(10-12-2-1-3-12)13-4-7-18-15(11-13)5-8-17-9-6-15/h12-14,16H,1-11H2. The lowest BCUT2D eigenvalue weighted by molar-refractivity contribution is -0.160. The maximum atomic E-state index is 10.4. The minimum atomic E-state index is -0.0982. The Morgan fingerprint density at radius 3 is 2.56 bits per heavy atom. The summed E-state index contributed by atoms with van der Waals surface area (Å²) in [4.78, 5) is 0. The van der Waals surface area contributed by atoms with Crippen molar-refractivity contribution in [2.24, 2.45) is 11.8 Å². The van der Waals surface area contributed by atoms with E-state index in [1.165, 1.54) is 19.3 Å². The third-order valence-corrected chi connectivity index (χ3v) is 5.28. The topological polar surface area (TPSA) is 38.7 Å². The molecular formula is C15H26O3. The highest BCUT2D eigenvalue weighted by Crippen LogP contribution is 2.40. The molecule has 2 heterocycles. The van der Waals surface area contributed by atoms with Crippen molar-refractivity contribution in [2.75, 3.05) is 19.8 Å². The molecule has 0 aromatic rings. The molecule has 2 saturated heterocycles. The summed E-state index contributed by atoms with van der Waals surface area (Å²) in [6.45, 7) is 2.48. The molecule has 1 spiro atoms. The van der Waals surface area contributed by atoms with Crippen LogP contribution in [0.25, 0.3) is 0 Å². The van der Waals surface area contributed by atoms with Gasteiger partial charge in [0.05, 0.1) is 11.7 Å². The van der Waals surface area contributed by atoms with Gasteiger partial charge in [-0.05, 0) is 43.9 Å². The van der Waals surface area contributed by atoms with Crippen LogP contribution in [-0.4, -0.2) is 36.6 Å². The molecule has 2 aliphatic heterocycles. The molecule has 0 amide bonds. The Kier molecular flexibility index (Phi) is 3.92. The van der Waals surface area contributed by atoms with Crippen molar-refractivity contribution in [2.45, 2.75) is 63.1 Å². The SMILES string of the molecule is OC(CC1CCC1)C1CCOC2(CCOCC2)C1. The van der Waals surface area contributed by atoms with Crippen LogP contribution in [-0.2, 0) is 9.47 Å². The minimum Gasteiger partial charge on any atom is -0.393 e. The maximum Gasteiger partial charge on any atom is 0.0730 e. The first-order chi connectivity index (χ1) is 8.77. The predicted molar refractivity (Wildman–Crippen MR) is 69.4 cm³/mol. The molecule has 3 nitrogen and oxygen atoms in total. The van der Waals surface area contributed by atoms with Gasteiger partial charge in [-0.25, -0.2) is 0 Å². The summed E-state index contributed by atoms with van der Waals surface area (Å²) in [6.07, 6.45) is 9.07. The molecule has 3 heteroatoms. The fraction of sp³-hybridized carbons (Fsp3) is 1.00. The second kappa shape index (κ2) is 5.48. The molecule has 0 radical (unpaired) electrons. The van der Waals surface area contributed by atoms with Crippen molar-refractivity contribution in [3.05, 3.63) is 0 Å². The predicted octanol–water partition coefficient (Wildman–Crippen LogP) is 2.51. The highest BCUT2D eigenvalue weighted by atomic mass is 16.5. The third kappa shape index (κ3) is 2.73. The summed E-state index contributed by atoms with van der Waals surface area (Å²) in [7, 11) is 0. The molecule has 2 atom stereocenters. The van der Waals surface area contributed by atoms with Crippen molar-refractivity contribution >= 4 is 0 Å². The number of aliphatic hydroxyl groups excluding tert-OH is 1. The van der Waals surface area contributed by atoms with Gasteiger partial charge in [0, 0.05) is 19.8 Å². The highest BCUT2D eigenvalue weighted by molar-refractivity contribution is 4.91. The Balaban J connectivity index is 1.55. The molecule has 1 N–H and O–H groups in total. The van der Waals surface area contributed by atoms with Gasteiger partial charge >= 0.3 is 0 Å². The van der Waals surface area contributed by atoms with Crippen LogP contribution in [0.5, 0.6) is 0 Å². The van der Waals surface area contributed by atoms with Crippen molar-refractivity contribution in [3.63, 3.8) is 0 Å². The van der Waals surface area contributed by atoms with E-state index in [1.54, 1.807) is 0 Å². The van der Waals surface area contributed by atoms with Crippen LogP contribution < -0.4 is 0 Å². The zero-order chi connectivity index (χ0) is 12.4. The molecule has 18 heavy (non-hydrogen) atoms. The van der Waals surface area contributed by atoms with E-state index in [9.17, 15) is 5.11 Å². The maximum absolute atomic E-state index is 10.4. The van der Waals surface area contributed by atoms with E-state index in [1.807, 2.05) is 0 Å². The first-order valence-corrected chi connectivity index (χ1v) is 7.67. The minimum absolute atomic E-state index is 0.0295. The van der Waals surface area contributed by atoms with Gasteiger partial charge < -0.3 is 14.6 Å². The monoisotopic (exact) mass is 254 g/mol. The van der Waals surface area contributed by atoms with Gasteiger partial charge in [0.1, 0.15) is 0 Å². The van der Waals surface area contributed by atoms with Crippen molar-refractivity contribution in [1.82, 2.24) is 0 Å². The molecule has 0 aromatic heterocycles. The Hall–Kier alpha value is -0.120. The molecule has 104 valence electrons. The smallest absolute Gasteiger partial charge is 0.0730 e. The number of hydrogen-bond acceptors (Lipinski definition) is 3. The molecule has 3 rings (SSSR count). The lowest BCUT2D eigenvalue weighted by atomic mass is 9.74. The molecule has 3 fully saturated rings. The van der Waals surface area contributed by atoms with Gasteiger partial charge in [0.25, 0.3) is 0 Å². The first kappa shape index (κ1) is 12.9. The summed E-state index contributed by atoms with van der Waals surface area (Å²) >= 11 is 0. The zero-order valence-corrected chi connectivity index (χ0v) is 11.3. The van der Waals surface area contributed by atoms with Gasteiger partial charge in [0.2, 0.25) is 0 Å². The van der Waals surface area contributed by atoms with Gasteiger partial charge in [-0.3, -0.25) is 0 Å². The van der Waals surface area contributed by atoms with E-state index in [4.69, 9.17) is 9.47 Å². The lowest BCUT2D eigenvalue weighted by Crippen LogP contribution is -2.47. The van der Waals surface area contributed by atoms with Gasteiger partial charge in [-0.1, -0.05) is 19.3 Å². The zero-order valence-electron chi connectivity index (χ0n) is 11.3. The molecule has 1 saturated carbocycles. The van der Waals surface area contributed by atoms with Crippen molar-refractivity contribution in [3.8, 4) is 0 Å². The van der Waals surface area contributed by atoms with Gasteiger partial charge in [0.15, 0.2) is 0 Å². The van der Waals surface area contributed by atoms with E-state index < -0.39 is 0 Å². The normalized spacial score (nSPS) is 34.2. The fourth-order valence-electron chi connectivity index (χ4n) is 3.75. The van der Waals surface area contributed by atoms with Crippen LogP contribution >= 0.6 is 0 Å². The number of rotatable bonds is 3. The number of hydrogen-bond donors (Lipinski definition) is 1. The average Bonchev–Trinajstić information content (AvgIpc) is 2.34. The van der Waals surface area contributed by atoms with Crippen LogP contribution in [0.4, 0.5) is 0 Å². The fourth-order valence-corrected chi connectivity index (χ4v) is 3.75. The second-order valence-electron chi connectivity index (χ2n) is 6.50. The Morgan fingerprint density at radius 2 is 1.89 bits per heavy atom. The highest BCUT2D eigenvalue weighted by Gasteiger charge is 2.41. The van der Waals surface area contributed by atoms with E-state index in [0.717, 1.165) is 57.8 Å². The van der Waals surface area contributed by atoms with Crippen LogP contribution in [0.15, 0.2) is 0 Å². The first-order valence-electron chi connectivity index (χ1n) is 7.67. The van der Waals surface area contributed by atoms with Crippen LogP contribution in [0.3, 0.4) is 0 Å². The summed E-state index contributed by atoms with van der Waals surface area (Å²) < 4.78 is 11.5. The van der Waals surface area contributed by atoms with E-state index >= 15 is 0 Å². The Bertz CT molecular complexity index is 263. The number of ether oxygens (including phenoxy) is 2. The largest absolute Gasteiger partial charge is 0.393 e. The summed E-state index contributed by atoms with van der Waals surface area (Å²) in [5.41, 5.74) is 0.0295. The van der Waals surface area contributed by atoms with Crippen LogP contribution in [0, 0.1) is 11.8 Å². The van der Waals surface area contributed by atoms with Gasteiger partial charge in [-0.15, -0.1) is 0 Å². The van der Waals surface area contributed by atoms with E-state index in [-0.39, 0.29) is 11.7 Å².